The van der Waals surface area contributed by atoms with E-state index in [0.29, 0.717) is 12.0 Å². The van der Waals surface area contributed by atoms with Gasteiger partial charge >= 0.3 is 0 Å². The van der Waals surface area contributed by atoms with Crippen LogP contribution < -0.4 is 0 Å². The highest BCUT2D eigenvalue weighted by atomic mass is 15.0. The molecule has 11 heavy (non-hydrogen) atoms. The summed E-state index contributed by atoms with van der Waals surface area (Å²) >= 11 is 0. The van der Waals surface area contributed by atoms with Crippen LogP contribution in [0.2, 0.25) is 0 Å². The zero-order valence-electron chi connectivity index (χ0n) is 8.17. The largest absolute Gasteiger partial charge is 0.309 e. The Morgan fingerprint density at radius 3 is 2.27 bits per heavy atom. The van der Waals surface area contributed by atoms with Gasteiger partial charge in [0, 0.05) is 6.04 Å². The molecule has 0 saturated carbocycles. The van der Waals surface area contributed by atoms with Gasteiger partial charge in [0.15, 0.2) is 0 Å². The van der Waals surface area contributed by atoms with Crippen LogP contribution in [0, 0.1) is 5.92 Å². The molecule has 0 aromatic rings. The quantitative estimate of drug-likeness (QED) is 0.553. The summed E-state index contributed by atoms with van der Waals surface area (Å²) in [5.74, 6) is 0.648. The molecule has 0 aromatic heterocycles. The summed E-state index contributed by atoms with van der Waals surface area (Å²) in [6.07, 6.45) is 1.20. The van der Waals surface area contributed by atoms with Gasteiger partial charge in [-0.15, -0.1) is 0 Å². The molecule has 0 bridgehead atoms. The maximum atomic E-state index is 4.00. The first kappa shape index (κ1) is 10.6. The predicted octanol–water partition coefficient (Wildman–Crippen LogP) is 1.66. The van der Waals surface area contributed by atoms with Crippen molar-refractivity contribution < 1.29 is 0 Å². The van der Waals surface area contributed by atoms with E-state index >= 15 is 0 Å². The Bertz CT molecular complexity index is 110. The lowest BCUT2D eigenvalue weighted by atomic mass is 10.0. The van der Waals surface area contributed by atoms with Crippen LogP contribution in [0.3, 0.4) is 0 Å². The summed E-state index contributed by atoms with van der Waals surface area (Å²) in [6, 6.07) is 0.398. The zero-order chi connectivity index (χ0) is 8.85. The van der Waals surface area contributed by atoms with E-state index in [2.05, 4.69) is 44.6 Å². The van der Waals surface area contributed by atoms with Gasteiger partial charge in [0.1, 0.15) is 0 Å². The summed E-state index contributed by atoms with van der Waals surface area (Å²) in [4.78, 5) is 6.20. The third kappa shape index (κ3) is 4.96. The minimum absolute atomic E-state index is 0.398. The van der Waals surface area contributed by atoms with Crippen molar-refractivity contribution in [1.29, 1.82) is 0 Å². The van der Waals surface area contributed by atoms with Gasteiger partial charge in [-0.25, -0.2) is 0 Å². The van der Waals surface area contributed by atoms with Crippen LogP contribution >= 0.6 is 0 Å². The highest BCUT2D eigenvalue weighted by Crippen LogP contribution is 2.10. The Hall–Kier alpha value is -0.370. The molecular formula is C9H20N2. The molecule has 0 aliphatic heterocycles. The van der Waals surface area contributed by atoms with Gasteiger partial charge in [-0.1, -0.05) is 6.92 Å². The van der Waals surface area contributed by atoms with E-state index in [9.17, 15) is 0 Å². The third-order valence-electron chi connectivity index (χ3n) is 2.14. The highest BCUT2D eigenvalue weighted by Gasteiger charge is 2.09. The number of aliphatic imine (C=N–C) groups is 1. The second-order valence-corrected chi connectivity index (χ2v) is 3.49. The molecular weight excluding hydrogens is 136 g/mol. The molecule has 0 fully saturated rings. The molecule has 0 amide bonds. The van der Waals surface area contributed by atoms with Crippen LogP contribution in [-0.4, -0.2) is 38.3 Å². The van der Waals surface area contributed by atoms with E-state index in [-0.39, 0.29) is 0 Å². The third-order valence-corrected chi connectivity index (χ3v) is 2.14. The molecule has 66 valence electrons. The molecule has 0 N–H and O–H groups in total. The fourth-order valence-corrected chi connectivity index (χ4v) is 0.883. The molecule has 0 saturated heterocycles. The highest BCUT2D eigenvalue weighted by molar-refractivity contribution is 5.24. The number of hydrogen-bond acceptors (Lipinski definition) is 2. The van der Waals surface area contributed by atoms with Gasteiger partial charge in [-0.2, -0.15) is 0 Å². The van der Waals surface area contributed by atoms with Crippen LogP contribution in [-0.2, 0) is 0 Å². The summed E-state index contributed by atoms with van der Waals surface area (Å²) < 4.78 is 0. The van der Waals surface area contributed by atoms with E-state index in [1.54, 1.807) is 0 Å². The van der Waals surface area contributed by atoms with E-state index in [1.165, 1.54) is 6.42 Å². The molecule has 0 aromatic carbocycles. The fraction of sp³-hybridized carbons (Fsp3) is 0.889. The van der Waals surface area contributed by atoms with Gasteiger partial charge in [0.2, 0.25) is 0 Å². The first-order valence-electron chi connectivity index (χ1n) is 4.18. The smallest absolute Gasteiger partial charge is 0.0490 e. The Labute approximate surface area is 70.3 Å². The summed E-state index contributed by atoms with van der Waals surface area (Å²) in [7, 11) is 4.19. The lowest BCUT2D eigenvalue weighted by Gasteiger charge is -2.17. The average molecular weight is 156 g/mol. The second kappa shape index (κ2) is 5.30. The van der Waals surface area contributed by atoms with Crippen molar-refractivity contribution in [3.8, 4) is 0 Å². The normalized spacial score (nSPS) is 16.5. The lowest BCUT2D eigenvalue weighted by molar-refractivity contribution is 0.341. The first-order valence-corrected chi connectivity index (χ1v) is 4.18. The summed E-state index contributed by atoms with van der Waals surface area (Å²) in [5.41, 5.74) is 0. The zero-order valence-corrected chi connectivity index (χ0v) is 8.17. The Morgan fingerprint density at radius 2 is 1.91 bits per heavy atom. The minimum Gasteiger partial charge on any atom is -0.309 e. The standard InChI is InChI=1S/C9H20N2/c1-8(9(2)10-3)6-7-11(4)5/h8-9H,3,6-7H2,1-2,4-5H3. The summed E-state index contributed by atoms with van der Waals surface area (Å²) in [6.45, 7) is 9.03. The average Bonchev–Trinajstić information content (AvgIpc) is 1.98. The number of hydrogen-bond donors (Lipinski definition) is 0. The van der Waals surface area contributed by atoms with E-state index in [1.807, 2.05) is 0 Å². The van der Waals surface area contributed by atoms with E-state index in [0.717, 1.165) is 6.54 Å². The molecule has 2 unspecified atom stereocenters. The van der Waals surface area contributed by atoms with Crippen molar-refractivity contribution in [3.05, 3.63) is 0 Å². The molecule has 2 heteroatoms. The van der Waals surface area contributed by atoms with Crippen LogP contribution in [0.15, 0.2) is 4.99 Å². The topological polar surface area (TPSA) is 15.6 Å². The molecule has 0 radical (unpaired) electrons. The van der Waals surface area contributed by atoms with Crippen LogP contribution in [0.4, 0.5) is 0 Å². The first-order chi connectivity index (χ1) is 5.07. The molecule has 2 atom stereocenters. The molecule has 0 rings (SSSR count). The number of nitrogens with zero attached hydrogens (tertiary/aromatic N) is 2. The van der Waals surface area contributed by atoms with E-state index < -0.39 is 0 Å². The van der Waals surface area contributed by atoms with Gasteiger partial charge in [-0.3, -0.25) is 4.99 Å². The Morgan fingerprint density at radius 1 is 1.36 bits per heavy atom. The predicted molar refractivity (Wildman–Crippen MR) is 51.3 cm³/mol. The molecule has 0 aliphatic rings. The summed E-state index contributed by atoms with van der Waals surface area (Å²) in [5, 5.41) is 0. The molecule has 0 spiro atoms. The minimum atomic E-state index is 0.398. The number of rotatable bonds is 5. The monoisotopic (exact) mass is 156 g/mol. The SMILES string of the molecule is C=NC(C)C(C)CCN(C)C. The Kier molecular flexibility index (Phi) is 5.12. The van der Waals surface area contributed by atoms with Crippen molar-refractivity contribution in [2.24, 2.45) is 10.9 Å². The van der Waals surface area contributed by atoms with Crippen molar-refractivity contribution in [1.82, 2.24) is 4.90 Å². The van der Waals surface area contributed by atoms with Gasteiger partial charge in [0.05, 0.1) is 0 Å². The fourth-order valence-electron chi connectivity index (χ4n) is 0.883. The van der Waals surface area contributed by atoms with E-state index in [4.69, 9.17) is 0 Å². The lowest BCUT2D eigenvalue weighted by Crippen LogP contribution is -2.20. The van der Waals surface area contributed by atoms with Crippen LogP contribution in [0.25, 0.3) is 0 Å². The van der Waals surface area contributed by atoms with Gasteiger partial charge in [0.25, 0.3) is 0 Å². The second-order valence-electron chi connectivity index (χ2n) is 3.49. The van der Waals surface area contributed by atoms with Crippen LogP contribution in [0.5, 0.6) is 0 Å². The van der Waals surface area contributed by atoms with Crippen molar-refractivity contribution in [3.63, 3.8) is 0 Å². The Balaban J connectivity index is 3.51. The van der Waals surface area contributed by atoms with Crippen LogP contribution in [0.1, 0.15) is 20.3 Å². The van der Waals surface area contributed by atoms with Gasteiger partial charge in [-0.05, 0) is 46.6 Å². The van der Waals surface area contributed by atoms with Gasteiger partial charge < -0.3 is 4.90 Å². The maximum Gasteiger partial charge on any atom is 0.0490 e. The maximum absolute atomic E-state index is 4.00. The molecule has 2 nitrogen and oxygen atoms in total. The van der Waals surface area contributed by atoms with Crippen molar-refractivity contribution >= 4 is 6.72 Å². The van der Waals surface area contributed by atoms with Crippen molar-refractivity contribution in [2.75, 3.05) is 20.6 Å². The molecule has 0 aliphatic carbocycles. The van der Waals surface area contributed by atoms with Crippen molar-refractivity contribution in [2.45, 2.75) is 26.3 Å². The molecule has 0 heterocycles.